The maximum Gasteiger partial charge on any atom is 0.407 e. The van der Waals surface area contributed by atoms with Gasteiger partial charge in [-0.15, -0.1) is 0 Å². The molecule has 31 heavy (non-hydrogen) atoms. The molecule has 0 aliphatic heterocycles. The lowest BCUT2D eigenvalue weighted by Gasteiger charge is -2.20. The Balaban J connectivity index is 2.13. The highest BCUT2D eigenvalue weighted by molar-refractivity contribution is 9.10. The first-order chi connectivity index (χ1) is 14.4. The Bertz CT molecular complexity index is 1230. The number of nitrogens with one attached hydrogen (secondary N) is 1. The molecule has 0 aliphatic rings. The molecule has 0 saturated heterocycles. The Morgan fingerprint density at radius 3 is 2.35 bits per heavy atom. The molecule has 0 unspecified atom stereocenters. The van der Waals surface area contributed by atoms with E-state index >= 15 is 0 Å². The molecule has 1 heterocycles. The minimum Gasteiger partial charge on any atom is -0.495 e. The van der Waals surface area contributed by atoms with Crippen LogP contribution in [-0.4, -0.2) is 31.2 Å². The third kappa shape index (κ3) is 5.04. The van der Waals surface area contributed by atoms with Crippen LogP contribution in [0.5, 0.6) is 5.75 Å². The predicted molar refractivity (Wildman–Crippen MR) is 123 cm³/mol. The number of methoxy groups -OCH3 is 1. The molecular formula is C22H25BrN2O5S. The standard InChI is InChI=1S/C22H25BrN2O5S/c1-14-6-8-17(9-7-14)31(27,28)25-16(13-24-21(26)30-22(2,3)4)10-15-11-18(23)20(29-5)12-19(15)25/h6-12H,13H2,1-5H3,(H,24,26). The number of hydrogen-bond donors (Lipinski definition) is 1. The van der Waals surface area contributed by atoms with Gasteiger partial charge in [0.25, 0.3) is 10.0 Å². The van der Waals surface area contributed by atoms with E-state index in [9.17, 15) is 13.2 Å². The van der Waals surface area contributed by atoms with Crippen LogP contribution in [0.2, 0.25) is 0 Å². The molecule has 0 fully saturated rings. The van der Waals surface area contributed by atoms with E-state index in [1.165, 1.54) is 11.1 Å². The van der Waals surface area contributed by atoms with Crippen LogP contribution in [0.25, 0.3) is 10.9 Å². The van der Waals surface area contributed by atoms with Crippen LogP contribution in [0.15, 0.2) is 51.8 Å². The van der Waals surface area contributed by atoms with Crippen LogP contribution in [0.1, 0.15) is 32.0 Å². The summed E-state index contributed by atoms with van der Waals surface area (Å²) in [6.45, 7) is 7.13. The number of halogens is 1. The summed E-state index contributed by atoms with van der Waals surface area (Å²) in [5, 5.41) is 3.33. The number of ether oxygens (including phenoxy) is 2. The van der Waals surface area contributed by atoms with Crippen molar-refractivity contribution in [2.24, 2.45) is 0 Å². The first kappa shape index (κ1) is 23.1. The number of aromatic nitrogens is 1. The van der Waals surface area contributed by atoms with Gasteiger partial charge in [-0.3, -0.25) is 0 Å². The molecule has 0 atom stereocenters. The van der Waals surface area contributed by atoms with Gasteiger partial charge in [0.2, 0.25) is 0 Å². The lowest BCUT2D eigenvalue weighted by Crippen LogP contribution is -2.33. The van der Waals surface area contributed by atoms with E-state index in [-0.39, 0.29) is 11.4 Å². The van der Waals surface area contributed by atoms with Crippen molar-refractivity contribution in [1.29, 1.82) is 0 Å². The smallest absolute Gasteiger partial charge is 0.407 e. The van der Waals surface area contributed by atoms with E-state index in [0.29, 0.717) is 26.8 Å². The molecule has 3 aromatic rings. The summed E-state index contributed by atoms with van der Waals surface area (Å²) in [6.07, 6.45) is -0.629. The highest BCUT2D eigenvalue weighted by Gasteiger charge is 2.25. The second-order valence-electron chi connectivity index (χ2n) is 8.12. The predicted octanol–water partition coefficient (Wildman–Crippen LogP) is 4.98. The monoisotopic (exact) mass is 508 g/mol. The van der Waals surface area contributed by atoms with E-state index in [1.807, 2.05) is 6.92 Å². The zero-order chi connectivity index (χ0) is 23.0. The van der Waals surface area contributed by atoms with Gasteiger partial charge in [-0.1, -0.05) is 17.7 Å². The average molecular weight is 509 g/mol. The molecule has 0 saturated carbocycles. The topological polar surface area (TPSA) is 86.6 Å². The molecule has 0 aliphatic carbocycles. The minimum absolute atomic E-state index is 0.0331. The number of rotatable bonds is 5. The number of fused-ring (bicyclic) bond motifs is 1. The van der Waals surface area contributed by atoms with Gasteiger partial charge < -0.3 is 14.8 Å². The maximum absolute atomic E-state index is 13.6. The van der Waals surface area contributed by atoms with E-state index < -0.39 is 21.7 Å². The van der Waals surface area contributed by atoms with Gasteiger partial charge in [-0.2, -0.15) is 0 Å². The van der Waals surface area contributed by atoms with Crippen LogP contribution in [0, 0.1) is 6.92 Å². The second-order valence-corrected chi connectivity index (χ2v) is 10.8. The van der Waals surface area contributed by atoms with Crippen LogP contribution in [0.4, 0.5) is 4.79 Å². The molecule has 166 valence electrons. The van der Waals surface area contributed by atoms with Gasteiger partial charge in [0.1, 0.15) is 11.4 Å². The number of aryl methyl sites for hydroxylation is 1. The Morgan fingerprint density at radius 1 is 1.13 bits per heavy atom. The molecule has 0 bridgehead atoms. The lowest BCUT2D eigenvalue weighted by molar-refractivity contribution is 0.0522. The van der Waals surface area contributed by atoms with Gasteiger partial charge in [-0.05, 0) is 67.9 Å². The number of benzene rings is 2. The summed E-state index contributed by atoms with van der Waals surface area (Å²) >= 11 is 3.44. The summed E-state index contributed by atoms with van der Waals surface area (Å²) in [6, 6.07) is 11.8. The van der Waals surface area contributed by atoms with E-state index in [1.54, 1.807) is 63.2 Å². The second kappa shape index (κ2) is 8.55. The molecule has 9 heteroatoms. The van der Waals surface area contributed by atoms with Crippen LogP contribution in [0.3, 0.4) is 0 Å². The fraction of sp³-hybridized carbons (Fsp3) is 0.318. The Morgan fingerprint density at radius 2 is 1.77 bits per heavy atom. The molecule has 2 aromatic carbocycles. The van der Waals surface area contributed by atoms with Crippen molar-refractivity contribution in [3.05, 3.63) is 58.2 Å². The van der Waals surface area contributed by atoms with Gasteiger partial charge >= 0.3 is 6.09 Å². The number of amides is 1. The summed E-state index contributed by atoms with van der Waals surface area (Å²) < 4.78 is 39.7. The number of carbonyl (C=O) groups is 1. The fourth-order valence-corrected chi connectivity index (χ4v) is 5.15. The molecule has 0 radical (unpaired) electrons. The average Bonchev–Trinajstić information content (AvgIpc) is 3.02. The van der Waals surface area contributed by atoms with Crippen LogP contribution < -0.4 is 10.1 Å². The number of alkyl carbamates (subject to hydrolysis) is 1. The fourth-order valence-electron chi connectivity index (χ4n) is 3.10. The zero-order valence-electron chi connectivity index (χ0n) is 18.0. The number of nitrogens with zero attached hydrogens (tertiary/aromatic N) is 1. The van der Waals surface area contributed by atoms with Crippen molar-refractivity contribution in [3.8, 4) is 5.75 Å². The molecule has 7 nitrogen and oxygen atoms in total. The quantitative estimate of drug-likeness (QED) is 0.524. The molecule has 1 aromatic heterocycles. The Kier molecular flexibility index (Phi) is 6.38. The normalized spacial score (nSPS) is 12.1. The van der Waals surface area contributed by atoms with Gasteiger partial charge in [0.05, 0.1) is 34.2 Å². The largest absolute Gasteiger partial charge is 0.495 e. The highest BCUT2D eigenvalue weighted by Crippen LogP contribution is 2.34. The third-order valence-corrected chi connectivity index (χ3v) is 6.87. The van der Waals surface area contributed by atoms with Gasteiger partial charge in [0.15, 0.2) is 0 Å². The summed E-state index contributed by atoms with van der Waals surface area (Å²) in [5.74, 6) is 0.498. The summed E-state index contributed by atoms with van der Waals surface area (Å²) in [4.78, 5) is 12.3. The molecule has 3 rings (SSSR count). The van der Waals surface area contributed by atoms with E-state index in [2.05, 4.69) is 21.2 Å². The van der Waals surface area contributed by atoms with E-state index in [0.717, 1.165) is 5.56 Å². The van der Waals surface area contributed by atoms with Crippen LogP contribution >= 0.6 is 15.9 Å². The number of carbonyl (C=O) groups excluding carboxylic acids is 1. The summed E-state index contributed by atoms with van der Waals surface area (Å²) in [7, 11) is -2.42. The van der Waals surface area contributed by atoms with Crippen molar-refractivity contribution in [2.45, 2.75) is 44.7 Å². The molecule has 1 N–H and O–H groups in total. The lowest BCUT2D eigenvalue weighted by atomic mass is 10.2. The summed E-state index contributed by atoms with van der Waals surface area (Å²) in [5.41, 5.74) is 1.13. The maximum atomic E-state index is 13.6. The highest BCUT2D eigenvalue weighted by atomic mass is 79.9. The van der Waals surface area contributed by atoms with Crippen molar-refractivity contribution in [3.63, 3.8) is 0 Å². The van der Waals surface area contributed by atoms with Crippen LogP contribution in [-0.2, 0) is 21.3 Å². The van der Waals surface area contributed by atoms with E-state index in [4.69, 9.17) is 9.47 Å². The van der Waals surface area contributed by atoms with Crippen molar-refractivity contribution >= 4 is 42.9 Å². The Labute approximate surface area is 190 Å². The molecular weight excluding hydrogens is 484 g/mol. The first-order valence-electron chi connectivity index (χ1n) is 9.59. The van der Waals surface area contributed by atoms with Gasteiger partial charge in [0, 0.05) is 11.5 Å². The van der Waals surface area contributed by atoms with Crippen molar-refractivity contribution in [2.75, 3.05) is 7.11 Å². The van der Waals surface area contributed by atoms with Gasteiger partial charge in [-0.25, -0.2) is 17.2 Å². The molecule has 0 spiro atoms. The Hall–Kier alpha value is -2.52. The SMILES string of the molecule is COc1cc2c(cc1Br)cc(CNC(=O)OC(C)(C)C)n2S(=O)(=O)c1ccc(C)cc1. The minimum atomic E-state index is -3.94. The van der Waals surface area contributed by atoms with Crippen molar-refractivity contribution in [1.82, 2.24) is 9.29 Å². The number of hydrogen-bond acceptors (Lipinski definition) is 5. The first-order valence-corrected chi connectivity index (χ1v) is 11.8. The van der Waals surface area contributed by atoms with Crippen molar-refractivity contribution < 1.29 is 22.7 Å². The third-order valence-electron chi connectivity index (χ3n) is 4.47. The zero-order valence-corrected chi connectivity index (χ0v) is 20.4. The molecule has 1 amide bonds.